The van der Waals surface area contributed by atoms with Gasteiger partial charge in [-0.3, -0.25) is 0 Å². The Labute approximate surface area is 191 Å². The lowest BCUT2D eigenvalue weighted by Crippen LogP contribution is -2.03. The highest BCUT2D eigenvalue weighted by Crippen LogP contribution is 2.26. The van der Waals surface area contributed by atoms with Gasteiger partial charge >= 0.3 is 0 Å². The maximum absolute atomic E-state index is 6.18. The molecule has 0 aliphatic carbocycles. The van der Waals surface area contributed by atoms with Crippen molar-refractivity contribution in [3.63, 3.8) is 0 Å². The molecule has 3 nitrogen and oxygen atoms in total. The van der Waals surface area contributed by atoms with E-state index in [4.69, 9.17) is 25.7 Å². The van der Waals surface area contributed by atoms with Gasteiger partial charge < -0.3 is 9.15 Å². The van der Waals surface area contributed by atoms with Crippen molar-refractivity contribution in [3.05, 3.63) is 119 Å². The zero-order valence-electron chi connectivity index (χ0n) is 17.5. The molecule has 1 aromatic heterocycles. The van der Waals surface area contributed by atoms with E-state index in [1.165, 1.54) is 0 Å². The van der Waals surface area contributed by atoms with Gasteiger partial charge in [0.2, 0.25) is 0 Å². The first-order valence-electron chi connectivity index (χ1n) is 10.3. The Bertz CT molecular complexity index is 1440. The average molecular weight is 438 g/mol. The predicted molar refractivity (Wildman–Crippen MR) is 130 cm³/mol. The van der Waals surface area contributed by atoms with E-state index >= 15 is 0 Å². The molecule has 4 aromatic carbocycles. The molecule has 5 aromatic rings. The van der Waals surface area contributed by atoms with Crippen LogP contribution in [-0.2, 0) is 0 Å². The fourth-order valence-corrected chi connectivity index (χ4v) is 3.61. The summed E-state index contributed by atoms with van der Waals surface area (Å²) in [6.45, 7) is 2.06. The number of hydrogen-bond acceptors (Lipinski definition) is 3. The number of nitrogens with zero attached hydrogens (tertiary/aromatic N) is 1. The molecule has 0 saturated heterocycles. The van der Waals surface area contributed by atoms with E-state index in [9.17, 15) is 0 Å². The van der Waals surface area contributed by atoms with Crippen molar-refractivity contribution in [1.82, 2.24) is 0 Å². The summed E-state index contributed by atoms with van der Waals surface area (Å²) in [6.07, 6.45) is 0. The molecule has 0 unspecified atom stereocenters. The second kappa shape index (κ2) is 8.74. The molecule has 5 rings (SSSR count). The summed E-state index contributed by atoms with van der Waals surface area (Å²) in [6, 6.07) is 33.2. The minimum Gasteiger partial charge on any atom is -0.457 e. The van der Waals surface area contributed by atoms with Crippen LogP contribution in [0.1, 0.15) is 5.56 Å². The van der Waals surface area contributed by atoms with Crippen molar-refractivity contribution >= 4 is 28.3 Å². The third kappa shape index (κ3) is 4.43. The van der Waals surface area contributed by atoms with Gasteiger partial charge in [-0.05, 0) is 79.7 Å². The Hall–Kier alpha value is -3.82. The van der Waals surface area contributed by atoms with Gasteiger partial charge in [0.1, 0.15) is 22.8 Å². The summed E-state index contributed by atoms with van der Waals surface area (Å²) in [5.41, 5.74) is 3.71. The first kappa shape index (κ1) is 20.1. The van der Waals surface area contributed by atoms with Crippen LogP contribution in [0.3, 0.4) is 0 Å². The second-order valence-electron chi connectivity index (χ2n) is 7.52. The molecular weight excluding hydrogens is 418 g/mol. The third-order valence-corrected chi connectivity index (χ3v) is 5.34. The van der Waals surface area contributed by atoms with Crippen LogP contribution < -0.4 is 10.1 Å². The normalized spacial score (nSPS) is 11.6. The van der Waals surface area contributed by atoms with E-state index in [-0.39, 0.29) is 0 Å². The van der Waals surface area contributed by atoms with Crippen molar-refractivity contribution in [2.75, 3.05) is 0 Å². The maximum atomic E-state index is 6.18. The van der Waals surface area contributed by atoms with E-state index in [1.807, 2.05) is 97.1 Å². The number of benzene rings is 4. The highest BCUT2D eigenvalue weighted by Gasteiger charge is 2.07. The molecule has 1 heterocycles. The number of rotatable bonds is 4. The molecule has 0 atom stereocenters. The molecule has 0 fully saturated rings. The van der Waals surface area contributed by atoms with Crippen molar-refractivity contribution < 1.29 is 9.15 Å². The number of halogens is 1. The number of para-hydroxylation sites is 1. The summed E-state index contributed by atoms with van der Waals surface area (Å²) < 4.78 is 12.1. The summed E-state index contributed by atoms with van der Waals surface area (Å²) in [4.78, 5) is 4.92. The van der Waals surface area contributed by atoms with Crippen LogP contribution >= 0.6 is 11.6 Å². The Kier molecular flexibility index (Phi) is 5.49. The SMILES string of the molecule is Cc1ccc2oc(-c3ccc(Cl)cc3)cc(=Nc3ccc(Oc4ccccc4)cc3)c2c1. The number of fused-ring (bicyclic) bond motifs is 1. The fourth-order valence-electron chi connectivity index (χ4n) is 3.48. The molecule has 0 saturated carbocycles. The van der Waals surface area contributed by atoms with Gasteiger partial charge in [0.25, 0.3) is 0 Å². The number of aryl methyl sites for hydroxylation is 1. The van der Waals surface area contributed by atoms with E-state index in [0.29, 0.717) is 5.02 Å². The molecule has 0 N–H and O–H groups in total. The summed E-state index contributed by atoms with van der Waals surface area (Å²) in [5, 5.41) is 2.50. The van der Waals surface area contributed by atoms with Crippen LogP contribution in [0.2, 0.25) is 5.02 Å². The molecule has 0 aliphatic rings. The molecule has 32 heavy (non-hydrogen) atoms. The smallest absolute Gasteiger partial charge is 0.136 e. The van der Waals surface area contributed by atoms with E-state index in [1.54, 1.807) is 0 Å². The lowest BCUT2D eigenvalue weighted by atomic mass is 10.1. The highest BCUT2D eigenvalue weighted by atomic mass is 35.5. The van der Waals surface area contributed by atoms with Crippen LogP contribution in [0.25, 0.3) is 22.3 Å². The van der Waals surface area contributed by atoms with E-state index in [0.717, 1.165) is 50.4 Å². The number of ether oxygens (including phenoxy) is 1. The average Bonchev–Trinajstić information content (AvgIpc) is 2.82. The molecule has 0 spiro atoms. The molecule has 156 valence electrons. The first-order valence-corrected chi connectivity index (χ1v) is 10.7. The molecule has 0 bridgehead atoms. The summed E-state index contributed by atoms with van der Waals surface area (Å²) in [5.74, 6) is 2.30. The van der Waals surface area contributed by atoms with Crippen LogP contribution in [0.4, 0.5) is 5.69 Å². The highest BCUT2D eigenvalue weighted by molar-refractivity contribution is 6.30. The van der Waals surface area contributed by atoms with Gasteiger partial charge in [0, 0.05) is 22.0 Å². The Morgan fingerprint density at radius 2 is 1.47 bits per heavy atom. The molecule has 4 heteroatoms. The first-order chi connectivity index (χ1) is 15.6. The van der Waals surface area contributed by atoms with Crippen LogP contribution in [-0.4, -0.2) is 0 Å². The van der Waals surface area contributed by atoms with Crippen molar-refractivity contribution in [3.8, 4) is 22.8 Å². The zero-order chi connectivity index (χ0) is 21.9. The van der Waals surface area contributed by atoms with Crippen molar-refractivity contribution in [1.29, 1.82) is 0 Å². The second-order valence-corrected chi connectivity index (χ2v) is 7.96. The summed E-state index contributed by atoms with van der Waals surface area (Å²) in [7, 11) is 0. The van der Waals surface area contributed by atoms with Gasteiger partial charge in [-0.1, -0.05) is 41.4 Å². The fraction of sp³-hybridized carbons (Fsp3) is 0.0357. The largest absolute Gasteiger partial charge is 0.457 e. The lowest BCUT2D eigenvalue weighted by Gasteiger charge is -2.07. The van der Waals surface area contributed by atoms with Crippen molar-refractivity contribution in [2.45, 2.75) is 6.92 Å². The standard InChI is InChI=1S/C28H20ClNO2/c1-19-7-16-27-25(17-19)26(18-28(32-27)20-8-10-21(29)11-9-20)30-22-12-14-24(15-13-22)31-23-5-3-2-4-6-23/h2-18H,1H3. The lowest BCUT2D eigenvalue weighted by molar-refractivity contribution is 0.483. The Balaban J connectivity index is 1.57. The van der Waals surface area contributed by atoms with Crippen LogP contribution in [0.5, 0.6) is 11.5 Å². The van der Waals surface area contributed by atoms with Crippen molar-refractivity contribution in [2.24, 2.45) is 4.99 Å². The molecule has 0 radical (unpaired) electrons. The summed E-state index contributed by atoms with van der Waals surface area (Å²) >= 11 is 6.05. The third-order valence-electron chi connectivity index (χ3n) is 5.09. The van der Waals surface area contributed by atoms with E-state index < -0.39 is 0 Å². The monoisotopic (exact) mass is 437 g/mol. The van der Waals surface area contributed by atoms with Gasteiger partial charge in [0.05, 0.1) is 11.0 Å². The van der Waals surface area contributed by atoms with Gasteiger partial charge in [-0.25, -0.2) is 4.99 Å². The zero-order valence-corrected chi connectivity index (χ0v) is 18.2. The van der Waals surface area contributed by atoms with Gasteiger partial charge in [-0.2, -0.15) is 0 Å². The Morgan fingerprint density at radius 1 is 0.750 bits per heavy atom. The maximum Gasteiger partial charge on any atom is 0.136 e. The number of hydrogen-bond donors (Lipinski definition) is 0. The minimum absolute atomic E-state index is 0.688. The molecular formula is C28H20ClNO2. The topological polar surface area (TPSA) is 34.7 Å². The molecule has 0 amide bonds. The van der Waals surface area contributed by atoms with E-state index in [2.05, 4.69) is 13.0 Å². The van der Waals surface area contributed by atoms with Gasteiger partial charge in [0.15, 0.2) is 0 Å². The van der Waals surface area contributed by atoms with Crippen LogP contribution in [0.15, 0.2) is 113 Å². The predicted octanol–water partition coefficient (Wildman–Crippen LogP) is 8.09. The minimum atomic E-state index is 0.688. The quantitative estimate of drug-likeness (QED) is 0.284. The Morgan fingerprint density at radius 3 is 2.22 bits per heavy atom. The van der Waals surface area contributed by atoms with Gasteiger partial charge in [-0.15, -0.1) is 0 Å². The molecule has 0 aliphatic heterocycles. The van der Waals surface area contributed by atoms with Crippen LogP contribution in [0, 0.1) is 6.92 Å².